The Morgan fingerprint density at radius 3 is 2.59 bits per heavy atom. The maximum atomic E-state index is 12.9. The highest BCUT2D eigenvalue weighted by Gasteiger charge is 2.34. The normalized spacial score (nSPS) is 15.6. The van der Waals surface area contributed by atoms with Gasteiger partial charge in [0.05, 0.1) is 22.8 Å². The molecule has 2 aromatic rings. The van der Waals surface area contributed by atoms with Crippen LogP contribution in [0, 0.1) is 0 Å². The van der Waals surface area contributed by atoms with Crippen LogP contribution in [0.15, 0.2) is 47.4 Å². The van der Waals surface area contributed by atoms with Crippen LogP contribution in [0.3, 0.4) is 0 Å². The highest BCUT2D eigenvalue weighted by molar-refractivity contribution is 7.92. The molecular weight excluding hydrogens is 364 g/mol. The van der Waals surface area contributed by atoms with Gasteiger partial charge in [0.25, 0.3) is 10.0 Å². The number of hydrogen-bond donors (Lipinski definition) is 1. The summed E-state index contributed by atoms with van der Waals surface area (Å²) in [6.07, 6.45) is 0.712. The first-order valence-electron chi connectivity index (χ1n) is 8.85. The smallest absolute Gasteiger partial charge is 0.261 e. The number of carbonyl (C=O) groups is 1. The van der Waals surface area contributed by atoms with Gasteiger partial charge in [0.2, 0.25) is 5.91 Å². The molecule has 6 nitrogen and oxygen atoms in total. The Bertz CT molecular complexity index is 983. The summed E-state index contributed by atoms with van der Waals surface area (Å²) in [6, 6.07) is 11.9. The van der Waals surface area contributed by atoms with E-state index in [0.717, 1.165) is 5.56 Å². The van der Waals surface area contributed by atoms with E-state index in [4.69, 9.17) is 4.74 Å². The number of sulfonamides is 1. The van der Waals surface area contributed by atoms with Crippen LogP contribution in [0.25, 0.3) is 0 Å². The third-order valence-corrected chi connectivity index (χ3v) is 5.84. The van der Waals surface area contributed by atoms with Crippen molar-refractivity contribution in [3.05, 3.63) is 48.0 Å². The second-order valence-electron chi connectivity index (χ2n) is 7.21. The predicted octanol–water partition coefficient (Wildman–Crippen LogP) is 3.57. The Balaban J connectivity index is 2.01. The molecule has 0 aliphatic carbocycles. The molecule has 1 heterocycles. The Hall–Kier alpha value is -2.54. The molecule has 0 radical (unpaired) electrons. The number of anilines is 2. The van der Waals surface area contributed by atoms with Crippen LogP contribution in [-0.4, -0.2) is 26.5 Å². The molecule has 1 N–H and O–H groups in total. The van der Waals surface area contributed by atoms with E-state index in [1.807, 2.05) is 32.9 Å². The Morgan fingerprint density at radius 2 is 1.93 bits per heavy atom. The van der Waals surface area contributed by atoms with Gasteiger partial charge in [0.15, 0.2) is 0 Å². The molecule has 144 valence electrons. The predicted molar refractivity (Wildman–Crippen MR) is 106 cm³/mol. The summed E-state index contributed by atoms with van der Waals surface area (Å²) in [5.74, 6) is 0.334. The van der Waals surface area contributed by atoms with Crippen molar-refractivity contribution in [2.75, 3.05) is 16.2 Å². The second-order valence-corrected chi connectivity index (χ2v) is 8.90. The fourth-order valence-electron chi connectivity index (χ4n) is 3.17. The van der Waals surface area contributed by atoms with Crippen molar-refractivity contribution in [3.63, 3.8) is 0 Å². The zero-order chi connectivity index (χ0) is 19.8. The van der Waals surface area contributed by atoms with Crippen LogP contribution in [0.5, 0.6) is 5.75 Å². The molecule has 3 rings (SSSR count). The third kappa shape index (κ3) is 3.93. The molecule has 1 aliphatic rings. The highest BCUT2D eigenvalue weighted by atomic mass is 32.2. The number of nitrogens with one attached hydrogen (secondary N) is 1. The minimum atomic E-state index is -3.80. The van der Waals surface area contributed by atoms with Crippen molar-refractivity contribution in [3.8, 4) is 5.75 Å². The summed E-state index contributed by atoms with van der Waals surface area (Å²) in [5.41, 5.74) is 1.39. The van der Waals surface area contributed by atoms with Crippen molar-refractivity contribution in [2.45, 2.75) is 44.6 Å². The number of amides is 1. The lowest BCUT2D eigenvalue weighted by Gasteiger charge is -2.39. The lowest BCUT2D eigenvalue weighted by atomic mass is 10.1. The molecule has 7 heteroatoms. The van der Waals surface area contributed by atoms with Crippen molar-refractivity contribution in [1.29, 1.82) is 0 Å². The highest BCUT2D eigenvalue weighted by Crippen LogP contribution is 2.38. The average Bonchev–Trinajstić information content (AvgIpc) is 2.60. The van der Waals surface area contributed by atoms with Gasteiger partial charge in [0.1, 0.15) is 11.4 Å². The summed E-state index contributed by atoms with van der Waals surface area (Å²) in [4.78, 5) is 13.7. The lowest BCUT2D eigenvalue weighted by Crippen LogP contribution is -2.48. The monoisotopic (exact) mass is 388 g/mol. The van der Waals surface area contributed by atoms with E-state index in [1.54, 1.807) is 23.1 Å². The molecule has 0 spiro atoms. The van der Waals surface area contributed by atoms with Gasteiger partial charge in [-0.05, 0) is 50.1 Å². The summed E-state index contributed by atoms with van der Waals surface area (Å²) in [6.45, 7) is 7.56. The number of rotatable bonds is 4. The molecule has 27 heavy (non-hydrogen) atoms. The van der Waals surface area contributed by atoms with Gasteiger partial charge in [-0.15, -0.1) is 0 Å². The molecule has 0 bridgehead atoms. The number of nitrogens with zero attached hydrogens (tertiary/aromatic N) is 1. The lowest BCUT2D eigenvalue weighted by molar-refractivity contribution is -0.117. The number of benzene rings is 2. The average molecular weight is 388 g/mol. The summed E-state index contributed by atoms with van der Waals surface area (Å²) in [5, 5.41) is 0. The van der Waals surface area contributed by atoms with Crippen molar-refractivity contribution < 1.29 is 17.9 Å². The zero-order valence-electron chi connectivity index (χ0n) is 15.9. The molecular formula is C20H24N2O4S. The first-order valence-corrected chi connectivity index (χ1v) is 10.3. The minimum Gasteiger partial charge on any atom is -0.484 e. The first kappa shape index (κ1) is 19.2. The zero-order valence-corrected chi connectivity index (χ0v) is 16.8. The van der Waals surface area contributed by atoms with E-state index in [1.165, 1.54) is 19.1 Å². The number of aryl methyl sites for hydroxylation is 1. The standard InChI is InChI=1S/C20H24N2O4S/c1-5-15-8-6-7-9-17(15)21-27(24,25)16-10-11-19-18(12-16)22(14(2)23)13-20(3,4)26-19/h6-12,21H,5,13H2,1-4H3. The van der Waals surface area contributed by atoms with E-state index in [9.17, 15) is 13.2 Å². The van der Waals surface area contributed by atoms with Crippen LogP contribution < -0.4 is 14.4 Å². The van der Waals surface area contributed by atoms with Gasteiger partial charge in [-0.25, -0.2) is 8.42 Å². The largest absolute Gasteiger partial charge is 0.484 e. The Kier molecular flexibility index (Phi) is 4.90. The van der Waals surface area contributed by atoms with E-state index in [2.05, 4.69) is 4.72 Å². The third-order valence-electron chi connectivity index (χ3n) is 4.48. The van der Waals surface area contributed by atoms with E-state index >= 15 is 0 Å². The number of hydrogen-bond acceptors (Lipinski definition) is 4. The summed E-state index contributed by atoms with van der Waals surface area (Å²) < 4.78 is 34.4. The van der Waals surface area contributed by atoms with Gasteiger partial charge in [-0.2, -0.15) is 0 Å². The van der Waals surface area contributed by atoms with Crippen LogP contribution in [0.4, 0.5) is 11.4 Å². The number of ether oxygens (including phenoxy) is 1. The molecule has 1 amide bonds. The van der Waals surface area contributed by atoms with Gasteiger partial charge in [0, 0.05) is 6.92 Å². The molecule has 0 unspecified atom stereocenters. The van der Waals surface area contributed by atoms with E-state index in [-0.39, 0.29) is 10.8 Å². The minimum absolute atomic E-state index is 0.0849. The van der Waals surface area contributed by atoms with Gasteiger partial charge in [-0.1, -0.05) is 25.1 Å². The van der Waals surface area contributed by atoms with Crippen molar-refractivity contribution in [1.82, 2.24) is 0 Å². The maximum absolute atomic E-state index is 12.9. The molecule has 2 aromatic carbocycles. The van der Waals surface area contributed by atoms with Gasteiger partial charge >= 0.3 is 0 Å². The van der Waals surface area contributed by atoms with Crippen molar-refractivity contribution in [2.24, 2.45) is 0 Å². The van der Waals surface area contributed by atoms with Crippen LogP contribution >= 0.6 is 0 Å². The van der Waals surface area contributed by atoms with Crippen LogP contribution in [0.1, 0.15) is 33.3 Å². The van der Waals surface area contributed by atoms with E-state index in [0.29, 0.717) is 30.1 Å². The second kappa shape index (κ2) is 6.88. The molecule has 1 aliphatic heterocycles. The summed E-state index contributed by atoms with van der Waals surface area (Å²) in [7, 11) is -3.80. The fourth-order valence-corrected chi connectivity index (χ4v) is 4.29. The van der Waals surface area contributed by atoms with Gasteiger partial charge < -0.3 is 9.64 Å². The molecule has 0 saturated heterocycles. The Labute approximate surface area is 160 Å². The number of carbonyl (C=O) groups excluding carboxylic acids is 1. The van der Waals surface area contributed by atoms with E-state index < -0.39 is 15.6 Å². The molecule has 0 fully saturated rings. The SMILES string of the molecule is CCc1ccccc1NS(=O)(=O)c1ccc2c(c1)N(C(C)=O)CC(C)(C)O2. The molecule has 0 atom stereocenters. The van der Waals surface area contributed by atoms with Crippen LogP contribution in [-0.2, 0) is 21.2 Å². The van der Waals surface area contributed by atoms with Crippen LogP contribution in [0.2, 0.25) is 0 Å². The fraction of sp³-hybridized carbons (Fsp3) is 0.350. The Morgan fingerprint density at radius 1 is 1.22 bits per heavy atom. The van der Waals surface area contributed by atoms with Crippen molar-refractivity contribution >= 4 is 27.3 Å². The summed E-state index contributed by atoms with van der Waals surface area (Å²) >= 11 is 0. The first-order chi connectivity index (χ1) is 12.6. The van der Waals surface area contributed by atoms with Gasteiger partial charge in [-0.3, -0.25) is 9.52 Å². The topological polar surface area (TPSA) is 75.7 Å². The number of para-hydroxylation sites is 1. The quantitative estimate of drug-likeness (QED) is 0.869. The molecule has 0 aromatic heterocycles. The maximum Gasteiger partial charge on any atom is 0.261 e. The number of fused-ring (bicyclic) bond motifs is 1. The molecule has 0 saturated carbocycles.